The number of aliphatic imine (C=N–C) groups is 1. The van der Waals surface area contributed by atoms with Gasteiger partial charge < -0.3 is 0 Å². The largest absolute Gasteiger partial charge is 0.244 e. The monoisotopic (exact) mass is 205 g/mol. The maximum absolute atomic E-state index is 4.77. The van der Waals surface area contributed by atoms with Crippen LogP contribution in [0.25, 0.3) is 0 Å². The molecule has 2 heteroatoms. The van der Waals surface area contributed by atoms with Gasteiger partial charge in [-0.1, -0.05) is 29.4 Å². The lowest BCUT2D eigenvalue weighted by Gasteiger charge is -2.15. The Morgan fingerprint density at radius 1 is 1.29 bits per heavy atom. The molecular formula is C12H15NS. The van der Waals surface area contributed by atoms with Gasteiger partial charge in [-0.15, -0.1) is 0 Å². The Bertz CT molecular complexity index is 377. The fourth-order valence-electron chi connectivity index (χ4n) is 1.57. The Hall–Kier alpha value is -1.02. The van der Waals surface area contributed by atoms with Crippen molar-refractivity contribution < 1.29 is 0 Å². The molecule has 0 amide bonds. The minimum atomic E-state index is 1.01. The predicted molar refractivity (Wildman–Crippen MR) is 67.0 cm³/mol. The highest BCUT2D eigenvalue weighted by Gasteiger charge is 2.12. The van der Waals surface area contributed by atoms with Gasteiger partial charge in [0.25, 0.3) is 0 Å². The Labute approximate surface area is 90.9 Å². The number of rotatable bonds is 1. The third-order valence-corrected chi connectivity index (χ3v) is 2.27. The molecule has 0 bridgehead atoms. The van der Waals surface area contributed by atoms with Crippen molar-refractivity contribution in [1.29, 1.82) is 0 Å². The Morgan fingerprint density at radius 2 is 1.93 bits per heavy atom. The fourth-order valence-corrected chi connectivity index (χ4v) is 1.67. The van der Waals surface area contributed by atoms with Crippen molar-refractivity contribution >= 4 is 23.4 Å². The summed E-state index contributed by atoms with van der Waals surface area (Å²) in [6.45, 7) is 8.35. The van der Waals surface area contributed by atoms with Crippen LogP contribution in [0.1, 0.15) is 27.7 Å². The molecule has 0 unspecified atom stereocenters. The Morgan fingerprint density at radius 3 is 2.43 bits per heavy atom. The Kier molecular flexibility index (Phi) is 3.53. The summed E-state index contributed by atoms with van der Waals surface area (Å²) in [7, 11) is 0. The van der Waals surface area contributed by atoms with Crippen molar-refractivity contribution in [3.63, 3.8) is 0 Å². The molecule has 0 saturated carbocycles. The molecule has 74 valence electrons. The second kappa shape index (κ2) is 4.47. The zero-order valence-electron chi connectivity index (χ0n) is 9.09. The molecule has 0 saturated heterocycles. The smallest absolute Gasteiger partial charge is 0.0905 e. The molecule has 0 aromatic carbocycles. The van der Waals surface area contributed by atoms with Crippen LogP contribution in [0.15, 0.2) is 39.4 Å². The van der Waals surface area contributed by atoms with Crippen molar-refractivity contribution in [3.8, 4) is 0 Å². The lowest BCUT2D eigenvalue weighted by molar-refractivity contribution is 1.31. The van der Waals surface area contributed by atoms with Crippen molar-refractivity contribution in [2.75, 3.05) is 0 Å². The van der Waals surface area contributed by atoms with Crippen LogP contribution < -0.4 is 0 Å². The third-order valence-electron chi connectivity index (χ3n) is 2.17. The van der Waals surface area contributed by atoms with E-state index in [0.29, 0.717) is 0 Å². The average molecular weight is 205 g/mol. The lowest BCUT2D eigenvalue weighted by Crippen LogP contribution is -2.09. The number of nitrogens with zero attached hydrogens (tertiary/aromatic N) is 1. The molecule has 0 aromatic heterocycles. The van der Waals surface area contributed by atoms with E-state index in [4.69, 9.17) is 12.2 Å². The molecule has 0 radical (unpaired) electrons. The normalized spacial score (nSPS) is 19.1. The highest BCUT2D eigenvalue weighted by Crippen LogP contribution is 2.22. The second-order valence-corrected chi connectivity index (χ2v) is 3.92. The first kappa shape index (κ1) is 11.1. The third kappa shape index (κ3) is 2.26. The van der Waals surface area contributed by atoms with Crippen LogP contribution in [0.3, 0.4) is 0 Å². The van der Waals surface area contributed by atoms with Gasteiger partial charge in [0.15, 0.2) is 0 Å². The van der Waals surface area contributed by atoms with Crippen molar-refractivity contribution in [2.45, 2.75) is 27.7 Å². The first-order chi connectivity index (χ1) is 6.56. The number of hydrogen-bond donors (Lipinski definition) is 0. The van der Waals surface area contributed by atoms with E-state index in [9.17, 15) is 0 Å². The van der Waals surface area contributed by atoms with E-state index >= 15 is 0 Å². The molecule has 0 aliphatic heterocycles. The molecule has 1 aliphatic rings. The number of allylic oxidation sites excluding steroid dienone is 6. The first-order valence-corrected chi connectivity index (χ1v) is 5.09. The maximum atomic E-state index is 4.77. The standard InChI is InChI=1S/C12H15NS/c1-8(2)11-6-9(3)5-10(4)12(11)13-7-14/h5-7H,1-4H3. The minimum Gasteiger partial charge on any atom is -0.244 e. The quantitative estimate of drug-likeness (QED) is 0.595. The van der Waals surface area contributed by atoms with Gasteiger partial charge in [-0.05, 0) is 44.9 Å². The molecule has 0 N–H and O–H groups in total. The zero-order valence-corrected chi connectivity index (χ0v) is 9.90. The van der Waals surface area contributed by atoms with E-state index in [-0.39, 0.29) is 0 Å². The van der Waals surface area contributed by atoms with Gasteiger partial charge in [-0.25, -0.2) is 4.99 Å². The fraction of sp³-hybridized carbons (Fsp3) is 0.333. The average Bonchev–Trinajstić information content (AvgIpc) is 2.09. The Balaban J connectivity index is 3.31. The second-order valence-electron chi connectivity index (χ2n) is 3.71. The van der Waals surface area contributed by atoms with E-state index in [1.807, 2.05) is 0 Å². The van der Waals surface area contributed by atoms with E-state index in [2.05, 4.69) is 44.8 Å². The zero-order chi connectivity index (χ0) is 10.7. The van der Waals surface area contributed by atoms with Gasteiger partial charge in [0.1, 0.15) is 0 Å². The van der Waals surface area contributed by atoms with E-state index in [1.165, 1.54) is 27.8 Å². The molecule has 1 rings (SSSR count). The summed E-state index contributed by atoms with van der Waals surface area (Å²) in [5.74, 6) is 0. The van der Waals surface area contributed by atoms with Gasteiger partial charge in [-0.3, -0.25) is 0 Å². The minimum absolute atomic E-state index is 1.01. The highest BCUT2D eigenvalue weighted by molar-refractivity contribution is 7.78. The van der Waals surface area contributed by atoms with Gasteiger partial charge in [0, 0.05) is 0 Å². The summed E-state index contributed by atoms with van der Waals surface area (Å²) in [4.78, 5) is 4.24. The van der Waals surface area contributed by atoms with Crippen LogP contribution in [-0.2, 0) is 0 Å². The van der Waals surface area contributed by atoms with Gasteiger partial charge >= 0.3 is 0 Å². The van der Waals surface area contributed by atoms with Crippen molar-refractivity contribution in [2.24, 2.45) is 4.99 Å². The van der Waals surface area contributed by atoms with Gasteiger partial charge in [-0.2, -0.15) is 0 Å². The molecule has 0 atom stereocenters. The van der Waals surface area contributed by atoms with Crippen LogP contribution in [0.4, 0.5) is 0 Å². The predicted octanol–water partition coefficient (Wildman–Crippen LogP) is 3.63. The van der Waals surface area contributed by atoms with Crippen LogP contribution in [0, 0.1) is 0 Å². The summed E-state index contributed by atoms with van der Waals surface area (Å²) in [5, 5.41) is 0. The maximum Gasteiger partial charge on any atom is 0.0905 e. The van der Waals surface area contributed by atoms with Crippen LogP contribution >= 0.6 is 12.2 Å². The molecule has 0 heterocycles. The molecular weight excluding hydrogens is 190 g/mol. The van der Waals surface area contributed by atoms with Crippen LogP contribution in [-0.4, -0.2) is 11.2 Å². The topological polar surface area (TPSA) is 12.4 Å². The SMILES string of the molecule is CC1=CC(=C(C)C)C(=NC=S)C(C)=C1. The van der Waals surface area contributed by atoms with Crippen molar-refractivity contribution in [1.82, 2.24) is 0 Å². The first-order valence-electron chi connectivity index (χ1n) is 4.62. The molecule has 1 nitrogen and oxygen atoms in total. The summed E-state index contributed by atoms with van der Waals surface area (Å²) in [5.41, 5.74) is 7.36. The van der Waals surface area contributed by atoms with Crippen LogP contribution in [0.2, 0.25) is 0 Å². The number of thiocarbonyl (C=S) groups is 1. The van der Waals surface area contributed by atoms with Gasteiger partial charge in [0.2, 0.25) is 0 Å². The molecule has 0 fully saturated rings. The van der Waals surface area contributed by atoms with Gasteiger partial charge in [0.05, 0.1) is 11.2 Å². The van der Waals surface area contributed by atoms with Crippen molar-refractivity contribution in [3.05, 3.63) is 34.4 Å². The van der Waals surface area contributed by atoms with Crippen LogP contribution in [0.5, 0.6) is 0 Å². The molecule has 14 heavy (non-hydrogen) atoms. The molecule has 1 aliphatic carbocycles. The molecule has 0 spiro atoms. The lowest BCUT2D eigenvalue weighted by atomic mass is 9.92. The number of hydrogen-bond acceptors (Lipinski definition) is 1. The summed E-state index contributed by atoms with van der Waals surface area (Å²) in [6, 6.07) is 0. The summed E-state index contributed by atoms with van der Waals surface area (Å²) in [6.07, 6.45) is 4.28. The van der Waals surface area contributed by atoms with E-state index in [1.54, 1.807) is 0 Å². The summed E-state index contributed by atoms with van der Waals surface area (Å²) >= 11 is 4.77. The summed E-state index contributed by atoms with van der Waals surface area (Å²) < 4.78 is 0. The highest BCUT2D eigenvalue weighted by atomic mass is 32.1. The van der Waals surface area contributed by atoms with E-state index < -0.39 is 0 Å². The molecule has 0 aromatic rings. The van der Waals surface area contributed by atoms with E-state index in [0.717, 1.165) is 5.71 Å².